The molecule has 9 N–H and O–H groups in total. The SMILES string of the molecule is O=C1C(c2[nH]c3ccc([S-](=O)=O)cc3c2O)=Nc2ccc(S(=O)(=O)[O-])cc21.O=S(=O)(O)c1ccc2[nH]c(-c3[nH]c4ccc(S(=O)(=O)O)cc4c3O)c(O)c2c1.[Na+].[Na+].[OH-]. The van der Waals surface area contributed by atoms with Crippen LogP contribution >= 0.6 is 0 Å². The van der Waals surface area contributed by atoms with Gasteiger partial charge in [0.25, 0.3) is 20.2 Å². The van der Waals surface area contributed by atoms with E-state index in [9.17, 15) is 58.3 Å². The number of aliphatic imine (C=N–C) groups is 1. The van der Waals surface area contributed by atoms with Gasteiger partial charge in [0.2, 0.25) is 5.78 Å². The summed E-state index contributed by atoms with van der Waals surface area (Å²) in [5.74, 6) is -1.83. The first-order valence-corrected chi connectivity index (χ1v) is 20.3. The van der Waals surface area contributed by atoms with E-state index >= 15 is 0 Å². The number of aromatic hydroxyl groups is 3. The maximum atomic E-state index is 12.6. The molecule has 7 aromatic rings. The van der Waals surface area contributed by atoms with E-state index in [1.54, 1.807) is 0 Å². The number of benzene rings is 4. The summed E-state index contributed by atoms with van der Waals surface area (Å²) in [6, 6.07) is 14.3. The minimum Gasteiger partial charge on any atom is -0.870 e. The molecule has 0 unspecified atom stereocenters. The molecule has 0 aliphatic carbocycles. The van der Waals surface area contributed by atoms with Crippen molar-refractivity contribution in [2.45, 2.75) is 19.6 Å². The van der Waals surface area contributed by atoms with E-state index in [0.29, 0.717) is 16.6 Å². The van der Waals surface area contributed by atoms with E-state index in [2.05, 4.69) is 19.9 Å². The Hall–Kier alpha value is -4.12. The van der Waals surface area contributed by atoms with E-state index < -0.39 is 73.0 Å². The van der Waals surface area contributed by atoms with Crippen LogP contribution in [0.15, 0.2) is 97.4 Å². The van der Waals surface area contributed by atoms with Gasteiger partial charge in [-0.3, -0.25) is 13.9 Å². The minimum absolute atomic E-state index is 0. The molecule has 0 saturated carbocycles. The van der Waals surface area contributed by atoms with Crippen molar-refractivity contribution in [1.29, 1.82) is 0 Å². The van der Waals surface area contributed by atoms with Crippen molar-refractivity contribution in [3.05, 3.63) is 84.1 Å². The van der Waals surface area contributed by atoms with Crippen molar-refractivity contribution in [2.24, 2.45) is 4.99 Å². The van der Waals surface area contributed by atoms with Gasteiger partial charge >= 0.3 is 59.1 Å². The first-order chi connectivity index (χ1) is 25.6. The third kappa shape index (κ3) is 8.48. The molecular weight excluding hydrogens is 871 g/mol. The van der Waals surface area contributed by atoms with Gasteiger partial charge in [-0.05, 0) is 71.4 Å². The van der Waals surface area contributed by atoms with Crippen molar-refractivity contribution in [1.82, 2.24) is 15.0 Å². The number of rotatable bonds is 6. The molecule has 0 saturated heterocycles. The first kappa shape index (κ1) is 46.6. The first-order valence-electron chi connectivity index (χ1n) is 15.0. The summed E-state index contributed by atoms with van der Waals surface area (Å²) in [4.78, 5) is 23.7. The molecule has 0 radical (unpaired) electrons. The second-order valence-corrected chi connectivity index (χ2v) is 16.9. The summed E-state index contributed by atoms with van der Waals surface area (Å²) < 4.78 is 119. The molecule has 20 nitrogen and oxygen atoms in total. The molecule has 0 fully saturated rings. The van der Waals surface area contributed by atoms with E-state index in [4.69, 9.17) is 9.11 Å². The molecule has 58 heavy (non-hydrogen) atoms. The topological polar surface area (TPSA) is 368 Å². The Labute approximate surface area is 371 Å². The van der Waals surface area contributed by atoms with Crippen molar-refractivity contribution < 1.29 is 132 Å². The maximum Gasteiger partial charge on any atom is 1.00 e. The number of ketones is 1. The Bertz CT molecular complexity index is 3180. The van der Waals surface area contributed by atoms with Crippen LogP contribution in [0.5, 0.6) is 17.2 Å². The predicted molar refractivity (Wildman–Crippen MR) is 192 cm³/mol. The van der Waals surface area contributed by atoms with Gasteiger partial charge in [-0.2, -0.15) is 16.8 Å². The van der Waals surface area contributed by atoms with Crippen LogP contribution < -0.4 is 59.1 Å². The molecule has 8 rings (SSSR count). The molecule has 3 aromatic heterocycles. The van der Waals surface area contributed by atoms with Gasteiger partial charge < -0.3 is 48.7 Å². The molecule has 4 heterocycles. The fraction of sp³-hybridized carbons (Fsp3) is 0. The van der Waals surface area contributed by atoms with Crippen LogP contribution in [0.3, 0.4) is 0 Å². The monoisotopic (exact) mass is 891 g/mol. The van der Waals surface area contributed by atoms with Gasteiger partial charge in [-0.15, -0.1) is 0 Å². The Morgan fingerprint density at radius 1 is 0.586 bits per heavy atom. The van der Waals surface area contributed by atoms with Crippen LogP contribution in [-0.2, 0) is 49.5 Å². The summed E-state index contributed by atoms with van der Waals surface area (Å²) in [5.41, 5.74) is 0.937. The summed E-state index contributed by atoms with van der Waals surface area (Å²) in [5, 5.41) is 31.8. The van der Waals surface area contributed by atoms with E-state index in [-0.39, 0.29) is 125 Å². The Morgan fingerprint density at radius 3 is 1.45 bits per heavy atom. The molecule has 1 aliphatic heterocycles. The second-order valence-electron chi connectivity index (χ2n) is 11.8. The molecule has 26 heteroatoms. The second kappa shape index (κ2) is 16.5. The zero-order valence-corrected chi connectivity index (χ0v) is 36.5. The van der Waals surface area contributed by atoms with E-state index in [0.717, 1.165) is 36.4 Å². The molecule has 0 bridgehead atoms. The van der Waals surface area contributed by atoms with Crippen LogP contribution in [0.25, 0.3) is 44.1 Å². The van der Waals surface area contributed by atoms with Gasteiger partial charge in [0, 0.05) is 32.7 Å². The number of aromatic nitrogens is 3. The molecule has 4 aromatic carbocycles. The van der Waals surface area contributed by atoms with Crippen molar-refractivity contribution in [2.75, 3.05) is 0 Å². The molecular formula is C32H21N4Na2O16S4-. The minimum atomic E-state index is -4.74. The van der Waals surface area contributed by atoms with Crippen LogP contribution in [0, 0.1) is 0 Å². The fourth-order valence-electron chi connectivity index (χ4n) is 5.85. The number of hydrogen-bond acceptors (Lipinski definition) is 16. The maximum absolute atomic E-state index is 12.6. The number of fused-ring (bicyclic) bond motifs is 4. The summed E-state index contributed by atoms with van der Waals surface area (Å²) in [6.45, 7) is 0. The number of hydrogen-bond donors (Lipinski definition) is 8. The molecule has 0 spiro atoms. The summed E-state index contributed by atoms with van der Waals surface area (Å²) in [7, 11) is -16.2. The fourth-order valence-corrected chi connectivity index (χ4v) is 7.75. The number of carbonyl (C=O) groups excluding carboxylic acids is 1. The number of aromatic amines is 3. The van der Waals surface area contributed by atoms with Gasteiger partial charge in [-0.1, -0.05) is 17.0 Å². The zero-order valence-electron chi connectivity index (χ0n) is 29.3. The van der Waals surface area contributed by atoms with E-state index in [1.165, 1.54) is 36.4 Å². The van der Waals surface area contributed by atoms with Gasteiger partial charge in [0.15, 0.2) is 17.2 Å². The number of H-pyrrole nitrogens is 3. The summed E-state index contributed by atoms with van der Waals surface area (Å²) in [6.07, 6.45) is 0. The molecule has 292 valence electrons. The quantitative estimate of drug-likeness (QED) is 0.0500. The van der Waals surface area contributed by atoms with Gasteiger partial charge in [0.1, 0.15) is 32.9 Å². The largest absolute Gasteiger partial charge is 1.00 e. The third-order valence-corrected chi connectivity index (χ3v) is 11.6. The van der Waals surface area contributed by atoms with Crippen LogP contribution in [0.1, 0.15) is 16.1 Å². The Kier molecular flexibility index (Phi) is 13.2. The Balaban J connectivity index is 0.000000244. The van der Waals surface area contributed by atoms with Crippen LogP contribution in [0.2, 0.25) is 0 Å². The summed E-state index contributed by atoms with van der Waals surface area (Å²) >= 11 is 0. The number of Topliss-reactive ketones (excluding diaryl/α,β-unsaturated/α-hetero) is 1. The number of nitrogens with zero attached hydrogens (tertiary/aromatic N) is 1. The number of nitrogens with one attached hydrogen (secondary N) is 3. The van der Waals surface area contributed by atoms with Crippen LogP contribution in [-0.4, -0.2) is 86.2 Å². The van der Waals surface area contributed by atoms with Gasteiger partial charge in [-0.25, -0.2) is 13.4 Å². The average molecular weight is 892 g/mol. The smallest absolute Gasteiger partial charge is 0.870 e. The molecule has 0 atom stereocenters. The average Bonchev–Trinajstić information content (AvgIpc) is 3.83. The van der Waals surface area contributed by atoms with Crippen molar-refractivity contribution in [3.8, 4) is 28.6 Å². The molecule has 1 aliphatic rings. The zero-order chi connectivity index (χ0) is 39.9. The van der Waals surface area contributed by atoms with E-state index in [1.807, 2.05) is 0 Å². The standard InChI is InChI=1S/C16H12N2O8S2.C16H9N2O7S2.2Na.H2O/c19-15-9-5-7(27(21,22)23)1-3-11(9)17-13(15)14-16(20)10-6-8(28(24,25)26)2-4-12(10)18-14;19-15-9-5-7(26(21)22)1-3-11(9)17-13(15)14-16(20)10-6-8(27(23,24)25)2-4-12(10)18-14;;;/h1-6,17-20H,(H,21,22,23)(H,24,25,26);1-6,17,19H,(H,23,24,25);;;1H2/q;-1;2*+1;/p-2. The normalized spacial score (nSPS) is 12.7. The van der Waals surface area contributed by atoms with Gasteiger partial charge in [0.05, 0.1) is 25.9 Å². The van der Waals surface area contributed by atoms with Crippen LogP contribution in [0.4, 0.5) is 5.69 Å². The molecule has 0 amide bonds. The van der Waals surface area contributed by atoms with Crippen molar-refractivity contribution in [3.63, 3.8) is 0 Å². The van der Waals surface area contributed by atoms with Crippen molar-refractivity contribution >= 4 is 90.9 Å². The number of carbonyl (C=O) groups is 1. The predicted octanol–water partition coefficient (Wildman–Crippen LogP) is -2.19. The Morgan fingerprint density at radius 2 is 1.00 bits per heavy atom. The third-order valence-electron chi connectivity index (χ3n) is 8.45.